The van der Waals surface area contributed by atoms with Gasteiger partial charge in [0.2, 0.25) is 5.91 Å². The van der Waals surface area contributed by atoms with Gasteiger partial charge in [0.25, 0.3) is 0 Å². The van der Waals surface area contributed by atoms with Crippen LogP contribution < -0.4 is 0 Å². The SMILES string of the molecule is COC(=O)CN(Cc1ccccc1)C(=O)Cn1ccc2ccc(Cl)cc21. The molecule has 0 aliphatic heterocycles. The van der Waals surface area contributed by atoms with Crippen LogP contribution in [0.3, 0.4) is 0 Å². The molecule has 0 spiro atoms. The van der Waals surface area contributed by atoms with Gasteiger partial charge in [-0.2, -0.15) is 0 Å². The molecule has 0 N–H and O–H groups in total. The van der Waals surface area contributed by atoms with E-state index in [1.165, 1.54) is 12.0 Å². The van der Waals surface area contributed by atoms with Gasteiger partial charge in [-0.1, -0.05) is 48.0 Å². The summed E-state index contributed by atoms with van der Waals surface area (Å²) in [6.45, 7) is 0.368. The number of carbonyl (C=O) groups excluding carboxylic acids is 2. The summed E-state index contributed by atoms with van der Waals surface area (Å²) in [7, 11) is 1.31. The molecule has 1 aromatic heterocycles. The summed E-state index contributed by atoms with van der Waals surface area (Å²) >= 11 is 6.07. The summed E-state index contributed by atoms with van der Waals surface area (Å²) in [4.78, 5) is 26.1. The Labute approximate surface area is 156 Å². The van der Waals surface area contributed by atoms with Crippen molar-refractivity contribution in [2.24, 2.45) is 0 Å². The molecular formula is C20H19ClN2O3. The van der Waals surface area contributed by atoms with Crippen molar-refractivity contribution in [3.05, 3.63) is 71.4 Å². The van der Waals surface area contributed by atoms with Crippen molar-refractivity contribution < 1.29 is 14.3 Å². The Morgan fingerprint density at radius 1 is 1.12 bits per heavy atom. The normalized spacial score (nSPS) is 10.7. The fourth-order valence-corrected chi connectivity index (χ4v) is 2.96. The quantitative estimate of drug-likeness (QED) is 0.624. The van der Waals surface area contributed by atoms with Crippen LogP contribution in [0.25, 0.3) is 10.9 Å². The van der Waals surface area contributed by atoms with Crippen molar-refractivity contribution in [3.63, 3.8) is 0 Å². The molecule has 3 rings (SSSR count). The number of aromatic nitrogens is 1. The van der Waals surface area contributed by atoms with Crippen molar-refractivity contribution in [3.8, 4) is 0 Å². The molecule has 0 atom stereocenters. The van der Waals surface area contributed by atoms with Crippen molar-refractivity contribution >= 4 is 34.4 Å². The largest absolute Gasteiger partial charge is 0.468 e. The van der Waals surface area contributed by atoms with E-state index in [0.29, 0.717) is 11.6 Å². The van der Waals surface area contributed by atoms with Crippen LogP contribution in [0.5, 0.6) is 0 Å². The number of rotatable bonds is 6. The lowest BCUT2D eigenvalue weighted by Gasteiger charge is -2.22. The molecule has 0 aliphatic rings. The molecule has 26 heavy (non-hydrogen) atoms. The fourth-order valence-electron chi connectivity index (χ4n) is 2.80. The topological polar surface area (TPSA) is 51.5 Å². The molecule has 1 heterocycles. The van der Waals surface area contributed by atoms with Gasteiger partial charge in [0.1, 0.15) is 13.1 Å². The number of hydrogen-bond acceptors (Lipinski definition) is 3. The lowest BCUT2D eigenvalue weighted by atomic mass is 10.2. The monoisotopic (exact) mass is 370 g/mol. The third-order valence-electron chi connectivity index (χ3n) is 4.16. The molecule has 0 saturated heterocycles. The predicted molar refractivity (Wildman–Crippen MR) is 101 cm³/mol. The maximum atomic E-state index is 12.9. The summed E-state index contributed by atoms with van der Waals surface area (Å²) in [5.41, 5.74) is 1.83. The lowest BCUT2D eigenvalue weighted by Crippen LogP contribution is -2.37. The first kappa shape index (κ1) is 18.0. The van der Waals surface area contributed by atoms with Gasteiger partial charge < -0.3 is 14.2 Å². The highest BCUT2D eigenvalue weighted by molar-refractivity contribution is 6.31. The van der Waals surface area contributed by atoms with Crippen molar-refractivity contribution in [2.75, 3.05) is 13.7 Å². The number of fused-ring (bicyclic) bond motifs is 1. The van der Waals surface area contributed by atoms with Gasteiger partial charge in [0.05, 0.1) is 7.11 Å². The van der Waals surface area contributed by atoms with Gasteiger partial charge in [0.15, 0.2) is 0 Å². The molecule has 3 aromatic rings. The summed E-state index contributed by atoms with van der Waals surface area (Å²) in [6, 6.07) is 17.0. The predicted octanol–water partition coefficient (Wildman–Crippen LogP) is 3.50. The third kappa shape index (κ3) is 4.24. The molecule has 6 heteroatoms. The van der Waals surface area contributed by atoms with E-state index < -0.39 is 5.97 Å². The Balaban J connectivity index is 1.81. The minimum absolute atomic E-state index is 0.0931. The van der Waals surface area contributed by atoms with E-state index in [0.717, 1.165) is 16.5 Å². The Kier molecular flexibility index (Phi) is 5.58. The maximum Gasteiger partial charge on any atom is 0.325 e. The molecule has 5 nitrogen and oxygen atoms in total. The van der Waals surface area contributed by atoms with Crippen molar-refractivity contribution in [1.82, 2.24) is 9.47 Å². The Morgan fingerprint density at radius 2 is 1.88 bits per heavy atom. The van der Waals surface area contributed by atoms with E-state index in [1.807, 2.05) is 65.4 Å². The van der Waals surface area contributed by atoms with Gasteiger partial charge in [-0.3, -0.25) is 9.59 Å². The molecule has 0 fully saturated rings. The van der Waals surface area contributed by atoms with E-state index in [4.69, 9.17) is 16.3 Å². The molecule has 2 aromatic carbocycles. The van der Waals surface area contributed by atoms with E-state index in [2.05, 4.69) is 0 Å². The smallest absolute Gasteiger partial charge is 0.325 e. The highest BCUT2D eigenvalue weighted by Crippen LogP contribution is 2.21. The molecular weight excluding hydrogens is 352 g/mol. The zero-order chi connectivity index (χ0) is 18.5. The Hall–Kier alpha value is -2.79. The number of amides is 1. The van der Waals surface area contributed by atoms with Crippen LogP contribution in [0.1, 0.15) is 5.56 Å². The minimum Gasteiger partial charge on any atom is -0.468 e. The number of esters is 1. The molecule has 0 unspecified atom stereocenters. The number of benzene rings is 2. The first-order valence-corrected chi connectivity index (χ1v) is 8.57. The second-order valence-electron chi connectivity index (χ2n) is 5.96. The molecule has 0 saturated carbocycles. The Morgan fingerprint density at radius 3 is 2.62 bits per heavy atom. The van der Waals surface area contributed by atoms with E-state index in [1.54, 1.807) is 0 Å². The fraction of sp³-hybridized carbons (Fsp3) is 0.200. The Bertz CT molecular complexity index is 921. The summed E-state index contributed by atoms with van der Waals surface area (Å²) in [5.74, 6) is -0.619. The average Bonchev–Trinajstić information content (AvgIpc) is 3.03. The highest BCUT2D eigenvalue weighted by Gasteiger charge is 2.19. The lowest BCUT2D eigenvalue weighted by molar-refractivity contribution is -0.147. The number of methoxy groups -OCH3 is 1. The van der Waals surface area contributed by atoms with Gasteiger partial charge >= 0.3 is 5.97 Å². The van der Waals surface area contributed by atoms with E-state index in [-0.39, 0.29) is 19.0 Å². The zero-order valence-electron chi connectivity index (χ0n) is 14.4. The van der Waals surface area contributed by atoms with Crippen LogP contribution in [0.15, 0.2) is 60.8 Å². The number of halogens is 1. The first-order valence-electron chi connectivity index (χ1n) is 8.20. The average molecular weight is 371 g/mol. The van der Waals surface area contributed by atoms with E-state index >= 15 is 0 Å². The minimum atomic E-state index is -0.449. The third-order valence-corrected chi connectivity index (χ3v) is 4.39. The van der Waals surface area contributed by atoms with Crippen LogP contribution in [0.2, 0.25) is 5.02 Å². The van der Waals surface area contributed by atoms with Crippen LogP contribution >= 0.6 is 11.6 Å². The number of hydrogen-bond donors (Lipinski definition) is 0. The first-order chi connectivity index (χ1) is 12.6. The zero-order valence-corrected chi connectivity index (χ0v) is 15.1. The number of ether oxygens (including phenoxy) is 1. The van der Waals surface area contributed by atoms with Gasteiger partial charge in [-0.25, -0.2) is 0 Å². The second-order valence-corrected chi connectivity index (χ2v) is 6.39. The van der Waals surface area contributed by atoms with Gasteiger partial charge in [0, 0.05) is 23.3 Å². The summed E-state index contributed by atoms with van der Waals surface area (Å²) in [6.07, 6.45) is 1.84. The number of nitrogens with zero attached hydrogens (tertiary/aromatic N) is 2. The highest BCUT2D eigenvalue weighted by atomic mass is 35.5. The molecule has 0 aliphatic carbocycles. The van der Waals surface area contributed by atoms with Crippen LogP contribution in [-0.2, 0) is 27.4 Å². The van der Waals surface area contributed by atoms with Crippen LogP contribution in [-0.4, -0.2) is 35.0 Å². The summed E-state index contributed by atoms with van der Waals surface area (Å²) < 4.78 is 6.56. The van der Waals surface area contributed by atoms with Crippen LogP contribution in [0.4, 0.5) is 0 Å². The molecule has 0 radical (unpaired) electrons. The van der Waals surface area contributed by atoms with Crippen LogP contribution in [0, 0.1) is 0 Å². The summed E-state index contributed by atoms with van der Waals surface area (Å²) in [5, 5.41) is 1.62. The van der Waals surface area contributed by atoms with Crippen molar-refractivity contribution in [1.29, 1.82) is 0 Å². The second kappa shape index (κ2) is 8.06. The van der Waals surface area contributed by atoms with Gasteiger partial charge in [-0.15, -0.1) is 0 Å². The van der Waals surface area contributed by atoms with Gasteiger partial charge in [-0.05, 0) is 29.1 Å². The molecule has 134 valence electrons. The number of carbonyl (C=O) groups is 2. The van der Waals surface area contributed by atoms with Crippen molar-refractivity contribution in [2.45, 2.75) is 13.1 Å². The molecule has 0 bridgehead atoms. The van der Waals surface area contributed by atoms with E-state index in [9.17, 15) is 9.59 Å². The maximum absolute atomic E-state index is 12.9. The molecule has 1 amide bonds. The standard InChI is InChI=1S/C20H19ClN2O3/c1-26-20(25)14-23(12-15-5-3-2-4-6-15)19(24)13-22-10-9-16-7-8-17(21)11-18(16)22/h2-11H,12-14H2,1H3.